The highest BCUT2D eigenvalue weighted by atomic mass is 32.2. The van der Waals surface area contributed by atoms with Gasteiger partial charge in [-0.15, -0.1) is 0 Å². The number of nitrogens with zero attached hydrogens (tertiary/aromatic N) is 3. The van der Waals surface area contributed by atoms with Gasteiger partial charge in [-0.1, -0.05) is 11.8 Å². The molecular weight excluding hydrogens is 248 g/mol. The first-order valence-corrected chi connectivity index (χ1v) is 6.98. The van der Waals surface area contributed by atoms with Crippen molar-refractivity contribution in [1.29, 1.82) is 0 Å². The van der Waals surface area contributed by atoms with Crippen LogP contribution in [0.5, 0.6) is 0 Å². The summed E-state index contributed by atoms with van der Waals surface area (Å²) < 4.78 is 0. The minimum Gasteiger partial charge on any atom is -0.373 e. The first-order valence-electron chi connectivity index (χ1n) is 6.00. The maximum atomic E-state index is 11.5. The van der Waals surface area contributed by atoms with E-state index in [2.05, 4.69) is 15.3 Å². The van der Waals surface area contributed by atoms with Gasteiger partial charge in [-0.3, -0.25) is 4.79 Å². The fourth-order valence-corrected chi connectivity index (χ4v) is 2.32. The molecule has 0 spiro atoms. The van der Waals surface area contributed by atoms with Crippen LogP contribution in [-0.4, -0.2) is 47.7 Å². The van der Waals surface area contributed by atoms with Gasteiger partial charge in [0, 0.05) is 33.1 Å². The van der Waals surface area contributed by atoms with E-state index >= 15 is 0 Å². The standard InChI is InChI=1S/C12H18N4OS/c1-13-9-6-10(18-7-11(17)16(2)3)15-12(14-9)8-4-5-8/h6,8H,4-5,7H2,1-3H3,(H,13,14,15). The van der Waals surface area contributed by atoms with Gasteiger partial charge < -0.3 is 10.2 Å². The minimum atomic E-state index is 0.0950. The Balaban J connectivity index is 2.06. The van der Waals surface area contributed by atoms with Crippen LogP contribution in [0.15, 0.2) is 11.1 Å². The highest BCUT2D eigenvalue weighted by molar-refractivity contribution is 7.99. The van der Waals surface area contributed by atoms with Crippen molar-refractivity contribution in [2.45, 2.75) is 23.8 Å². The Morgan fingerprint density at radius 1 is 1.50 bits per heavy atom. The van der Waals surface area contributed by atoms with Gasteiger partial charge in [0.15, 0.2) is 0 Å². The topological polar surface area (TPSA) is 58.1 Å². The van der Waals surface area contributed by atoms with Crippen LogP contribution in [0, 0.1) is 0 Å². The second-order valence-corrected chi connectivity index (χ2v) is 5.55. The lowest BCUT2D eigenvalue weighted by Crippen LogP contribution is -2.23. The summed E-state index contributed by atoms with van der Waals surface area (Å²) >= 11 is 1.46. The lowest BCUT2D eigenvalue weighted by Gasteiger charge is -2.10. The van der Waals surface area contributed by atoms with E-state index in [9.17, 15) is 4.79 Å². The number of carbonyl (C=O) groups is 1. The van der Waals surface area contributed by atoms with Crippen molar-refractivity contribution >= 4 is 23.5 Å². The molecule has 1 fully saturated rings. The number of hydrogen-bond acceptors (Lipinski definition) is 5. The second kappa shape index (κ2) is 5.56. The van der Waals surface area contributed by atoms with Crippen LogP contribution in [0.3, 0.4) is 0 Å². The zero-order valence-corrected chi connectivity index (χ0v) is 11.8. The molecule has 1 saturated carbocycles. The number of aromatic nitrogens is 2. The fourth-order valence-electron chi connectivity index (χ4n) is 1.43. The first-order chi connectivity index (χ1) is 8.60. The molecule has 0 unspecified atom stereocenters. The molecule has 98 valence electrons. The molecule has 1 aromatic rings. The van der Waals surface area contributed by atoms with Gasteiger partial charge in [0.2, 0.25) is 5.91 Å². The van der Waals surface area contributed by atoms with E-state index in [4.69, 9.17) is 0 Å². The zero-order chi connectivity index (χ0) is 13.1. The van der Waals surface area contributed by atoms with E-state index in [0.29, 0.717) is 11.7 Å². The number of amides is 1. The Morgan fingerprint density at radius 2 is 2.22 bits per heavy atom. The van der Waals surface area contributed by atoms with Gasteiger partial charge in [-0.05, 0) is 12.8 Å². The van der Waals surface area contributed by atoms with Gasteiger partial charge in [0.25, 0.3) is 0 Å². The smallest absolute Gasteiger partial charge is 0.232 e. The number of carbonyl (C=O) groups excluding carboxylic acids is 1. The molecule has 5 nitrogen and oxygen atoms in total. The maximum Gasteiger partial charge on any atom is 0.232 e. The molecule has 1 heterocycles. The Kier molecular flexibility index (Phi) is 4.06. The first kappa shape index (κ1) is 13.1. The molecule has 0 bridgehead atoms. The predicted molar refractivity (Wildman–Crippen MR) is 73.0 cm³/mol. The normalized spacial score (nSPS) is 14.4. The van der Waals surface area contributed by atoms with Gasteiger partial charge in [0.1, 0.15) is 16.7 Å². The highest BCUT2D eigenvalue weighted by Crippen LogP contribution is 2.39. The molecular formula is C12H18N4OS. The molecule has 0 saturated heterocycles. The van der Waals surface area contributed by atoms with E-state index < -0.39 is 0 Å². The van der Waals surface area contributed by atoms with Crippen molar-refractivity contribution in [3.05, 3.63) is 11.9 Å². The van der Waals surface area contributed by atoms with Crippen LogP contribution >= 0.6 is 11.8 Å². The molecule has 0 aromatic carbocycles. The number of anilines is 1. The third kappa shape index (κ3) is 3.35. The van der Waals surface area contributed by atoms with Crippen LogP contribution in [0.1, 0.15) is 24.6 Å². The molecule has 18 heavy (non-hydrogen) atoms. The van der Waals surface area contributed by atoms with Gasteiger partial charge in [-0.2, -0.15) is 0 Å². The summed E-state index contributed by atoms with van der Waals surface area (Å²) in [6, 6.07) is 1.89. The molecule has 0 aliphatic heterocycles. The Labute approximate surface area is 111 Å². The van der Waals surface area contributed by atoms with Crippen LogP contribution in [0.2, 0.25) is 0 Å². The number of rotatable bonds is 5. The predicted octanol–water partition coefficient (Wildman–Crippen LogP) is 1.58. The lowest BCUT2D eigenvalue weighted by atomic mass is 10.4. The zero-order valence-electron chi connectivity index (χ0n) is 10.9. The minimum absolute atomic E-state index is 0.0950. The van der Waals surface area contributed by atoms with Crippen LogP contribution in [0.25, 0.3) is 0 Å². The Bertz CT molecular complexity index is 446. The summed E-state index contributed by atoms with van der Waals surface area (Å²) in [6.45, 7) is 0. The molecule has 1 aliphatic carbocycles. The van der Waals surface area contributed by atoms with Crippen molar-refractivity contribution < 1.29 is 4.79 Å². The van der Waals surface area contributed by atoms with Crippen molar-refractivity contribution in [1.82, 2.24) is 14.9 Å². The van der Waals surface area contributed by atoms with Gasteiger partial charge in [0.05, 0.1) is 5.75 Å². The summed E-state index contributed by atoms with van der Waals surface area (Å²) in [5.41, 5.74) is 0. The van der Waals surface area contributed by atoms with Crippen LogP contribution in [0.4, 0.5) is 5.82 Å². The molecule has 0 atom stereocenters. The quantitative estimate of drug-likeness (QED) is 0.647. The van der Waals surface area contributed by atoms with E-state index in [1.807, 2.05) is 13.1 Å². The van der Waals surface area contributed by atoms with Gasteiger partial charge >= 0.3 is 0 Å². The summed E-state index contributed by atoms with van der Waals surface area (Å²) in [5, 5.41) is 3.91. The molecule has 6 heteroatoms. The van der Waals surface area contributed by atoms with Crippen LogP contribution in [-0.2, 0) is 4.79 Å². The third-order valence-electron chi connectivity index (χ3n) is 2.76. The highest BCUT2D eigenvalue weighted by Gasteiger charge is 2.27. The molecule has 1 aliphatic rings. The van der Waals surface area contributed by atoms with E-state index in [-0.39, 0.29) is 5.91 Å². The summed E-state index contributed by atoms with van der Waals surface area (Å²) in [4.78, 5) is 22.1. The molecule has 1 aromatic heterocycles. The fraction of sp³-hybridized carbons (Fsp3) is 0.583. The molecule has 0 radical (unpaired) electrons. The van der Waals surface area contributed by atoms with Crippen molar-refractivity contribution in [3.8, 4) is 0 Å². The van der Waals surface area contributed by atoms with E-state index in [0.717, 1.165) is 16.7 Å². The van der Waals surface area contributed by atoms with Crippen molar-refractivity contribution in [2.75, 3.05) is 32.2 Å². The second-order valence-electron chi connectivity index (χ2n) is 4.55. The lowest BCUT2D eigenvalue weighted by molar-refractivity contribution is -0.125. The number of thioether (sulfide) groups is 1. The monoisotopic (exact) mass is 266 g/mol. The largest absolute Gasteiger partial charge is 0.373 e. The Hall–Kier alpha value is -1.30. The summed E-state index contributed by atoms with van der Waals surface area (Å²) in [7, 11) is 5.37. The average Bonchev–Trinajstić information content (AvgIpc) is 3.19. The molecule has 1 amide bonds. The van der Waals surface area contributed by atoms with Crippen molar-refractivity contribution in [2.24, 2.45) is 0 Å². The van der Waals surface area contributed by atoms with E-state index in [1.54, 1.807) is 19.0 Å². The average molecular weight is 266 g/mol. The summed E-state index contributed by atoms with van der Waals surface area (Å²) in [5.74, 6) is 2.75. The molecule has 2 rings (SSSR count). The van der Waals surface area contributed by atoms with E-state index in [1.165, 1.54) is 24.6 Å². The number of hydrogen-bond donors (Lipinski definition) is 1. The van der Waals surface area contributed by atoms with Gasteiger partial charge in [-0.25, -0.2) is 9.97 Å². The summed E-state index contributed by atoms with van der Waals surface area (Å²) in [6.07, 6.45) is 2.35. The molecule has 1 N–H and O–H groups in total. The maximum absolute atomic E-state index is 11.5. The number of nitrogens with one attached hydrogen (secondary N) is 1. The third-order valence-corrected chi connectivity index (χ3v) is 3.66. The van der Waals surface area contributed by atoms with Crippen LogP contribution < -0.4 is 5.32 Å². The Morgan fingerprint density at radius 3 is 2.78 bits per heavy atom. The SMILES string of the molecule is CNc1cc(SCC(=O)N(C)C)nc(C2CC2)n1. The van der Waals surface area contributed by atoms with Crippen molar-refractivity contribution in [3.63, 3.8) is 0 Å².